The zero-order valence-electron chi connectivity index (χ0n) is 30.7. The SMILES string of the molecule is c1ccc(-c2cccc(-c3nc(-c4cccc(-c5ccccc5)c4)nc(-c4cccc5c4sc4c5ccc5c(-c6ccccc6)nc6ccccc6c54)n3)c2)cc1. The van der Waals surface area contributed by atoms with Crippen molar-refractivity contribution in [2.75, 3.05) is 0 Å². The van der Waals surface area contributed by atoms with E-state index in [1.165, 1.54) is 20.9 Å². The number of rotatable bonds is 6. The van der Waals surface area contributed by atoms with Gasteiger partial charge >= 0.3 is 0 Å². The number of hydrogen-bond donors (Lipinski definition) is 0. The first-order valence-electron chi connectivity index (χ1n) is 19.1. The number of benzene rings is 8. The van der Waals surface area contributed by atoms with Crippen LogP contribution in [0.2, 0.25) is 0 Å². The highest BCUT2D eigenvalue weighted by Gasteiger charge is 2.20. The summed E-state index contributed by atoms with van der Waals surface area (Å²) in [5, 5.41) is 5.89. The highest BCUT2D eigenvalue weighted by Crippen LogP contribution is 2.46. The van der Waals surface area contributed by atoms with Gasteiger partial charge in [-0.05, 0) is 46.5 Å². The molecule has 8 aromatic carbocycles. The Labute approximate surface area is 333 Å². The molecule has 0 unspecified atom stereocenters. The lowest BCUT2D eigenvalue weighted by Crippen LogP contribution is -2.00. The van der Waals surface area contributed by atoms with Crippen molar-refractivity contribution < 1.29 is 0 Å². The van der Waals surface area contributed by atoms with Gasteiger partial charge in [0.1, 0.15) is 0 Å². The average molecular weight is 745 g/mol. The van der Waals surface area contributed by atoms with Crippen LogP contribution in [0.3, 0.4) is 0 Å². The Balaban J connectivity index is 1.15. The number of hydrogen-bond acceptors (Lipinski definition) is 5. The number of fused-ring (bicyclic) bond motifs is 7. The Morgan fingerprint density at radius 3 is 1.42 bits per heavy atom. The first-order chi connectivity index (χ1) is 28.2. The summed E-state index contributed by atoms with van der Waals surface area (Å²) < 4.78 is 2.37. The van der Waals surface area contributed by atoms with Gasteiger partial charge in [0.05, 0.1) is 11.2 Å². The zero-order valence-corrected chi connectivity index (χ0v) is 31.5. The van der Waals surface area contributed by atoms with E-state index in [1.807, 2.05) is 12.1 Å². The molecule has 0 N–H and O–H groups in total. The molecular formula is C52H32N4S. The molecule has 0 spiro atoms. The van der Waals surface area contributed by atoms with Crippen molar-refractivity contribution in [3.63, 3.8) is 0 Å². The van der Waals surface area contributed by atoms with Gasteiger partial charge in [-0.15, -0.1) is 11.3 Å². The number of pyridine rings is 1. The molecule has 5 heteroatoms. The summed E-state index contributed by atoms with van der Waals surface area (Å²) in [5.74, 6) is 1.90. The number of nitrogens with zero attached hydrogens (tertiary/aromatic N) is 4. The fourth-order valence-electron chi connectivity index (χ4n) is 7.97. The molecule has 0 aliphatic rings. The van der Waals surface area contributed by atoms with Crippen molar-refractivity contribution in [1.82, 2.24) is 19.9 Å². The third kappa shape index (κ3) is 5.84. The van der Waals surface area contributed by atoms with Gasteiger partial charge in [-0.1, -0.05) is 170 Å². The highest BCUT2D eigenvalue weighted by atomic mass is 32.1. The molecule has 0 saturated heterocycles. The van der Waals surface area contributed by atoms with E-state index in [1.54, 1.807) is 11.3 Å². The van der Waals surface area contributed by atoms with Crippen LogP contribution in [-0.2, 0) is 0 Å². The third-order valence-corrected chi connectivity index (χ3v) is 12.0. The van der Waals surface area contributed by atoms with Gasteiger partial charge in [-0.2, -0.15) is 0 Å². The van der Waals surface area contributed by atoms with Crippen molar-refractivity contribution in [3.8, 4) is 67.7 Å². The van der Waals surface area contributed by atoms with Crippen LogP contribution in [0, 0.1) is 0 Å². The largest absolute Gasteiger partial charge is 0.247 e. The van der Waals surface area contributed by atoms with Crippen LogP contribution in [0.5, 0.6) is 0 Å². The molecule has 0 aliphatic carbocycles. The minimum absolute atomic E-state index is 0.631. The topological polar surface area (TPSA) is 51.6 Å². The quantitative estimate of drug-likeness (QED) is 0.159. The van der Waals surface area contributed by atoms with Crippen LogP contribution >= 0.6 is 11.3 Å². The van der Waals surface area contributed by atoms with Crippen LogP contribution in [0.25, 0.3) is 110 Å². The van der Waals surface area contributed by atoms with Gasteiger partial charge in [0.25, 0.3) is 0 Å². The molecule has 57 heavy (non-hydrogen) atoms. The summed E-state index contributed by atoms with van der Waals surface area (Å²) in [6.07, 6.45) is 0. The minimum atomic E-state index is 0.631. The monoisotopic (exact) mass is 744 g/mol. The molecule has 11 aromatic rings. The van der Waals surface area contributed by atoms with Crippen molar-refractivity contribution >= 4 is 53.2 Å². The molecule has 11 rings (SSSR count). The standard InChI is InChI=1S/C52H32N4S/c1-4-15-33(16-5-1)36-21-12-23-38(31-36)50-54-51(39-24-13-22-37(32-39)34-17-6-2-7-18-34)56-52(55-50)44-27-14-26-40-41-29-30-43-46(49(41)57-48(40)44)42-25-10-11-28-45(42)53-47(43)35-19-8-3-9-20-35/h1-32H. The molecule has 0 radical (unpaired) electrons. The molecule has 0 bridgehead atoms. The van der Waals surface area contributed by atoms with E-state index in [0.717, 1.165) is 71.2 Å². The van der Waals surface area contributed by atoms with Crippen molar-refractivity contribution in [1.29, 1.82) is 0 Å². The third-order valence-electron chi connectivity index (χ3n) is 10.7. The molecule has 3 heterocycles. The van der Waals surface area contributed by atoms with E-state index in [4.69, 9.17) is 19.9 Å². The van der Waals surface area contributed by atoms with Gasteiger partial charge in [-0.25, -0.2) is 19.9 Å². The number of thiophene rings is 1. The van der Waals surface area contributed by atoms with Crippen molar-refractivity contribution in [3.05, 3.63) is 194 Å². The van der Waals surface area contributed by atoms with Gasteiger partial charge in [0, 0.05) is 58.6 Å². The molecule has 0 aliphatic heterocycles. The summed E-state index contributed by atoms with van der Waals surface area (Å²) in [4.78, 5) is 20.9. The Morgan fingerprint density at radius 1 is 0.298 bits per heavy atom. The summed E-state index contributed by atoms with van der Waals surface area (Å²) >= 11 is 1.81. The summed E-state index contributed by atoms with van der Waals surface area (Å²) in [5.41, 5.74) is 10.4. The zero-order chi connectivity index (χ0) is 37.7. The molecule has 0 fully saturated rings. The maximum Gasteiger partial charge on any atom is 0.165 e. The lowest BCUT2D eigenvalue weighted by Gasteiger charge is -2.11. The van der Waals surface area contributed by atoms with Gasteiger partial charge in [-0.3, -0.25) is 0 Å². The smallest absolute Gasteiger partial charge is 0.165 e. The molecule has 0 atom stereocenters. The fourth-order valence-corrected chi connectivity index (χ4v) is 9.34. The minimum Gasteiger partial charge on any atom is -0.247 e. The van der Waals surface area contributed by atoms with E-state index >= 15 is 0 Å². The average Bonchev–Trinajstić information content (AvgIpc) is 3.69. The summed E-state index contributed by atoms with van der Waals surface area (Å²) in [7, 11) is 0. The lowest BCUT2D eigenvalue weighted by atomic mass is 9.98. The van der Waals surface area contributed by atoms with Crippen LogP contribution in [0.4, 0.5) is 0 Å². The summed E-state index contributed by atoms with van der Waals surface area (Å²) in [6, 6.07) is 67.8. The van der Waals surface area contributed by atoms with Crippen LogP contribution in [0.1, 0.15) is 0 Å². The predicted molar refractivity (Wildman–Crippen MR) is 238 cm³/mol. The van der Waals surface area contributed by atoms with E-state index in [9.17, 15) is 0 Å². The Kier molecular flexibility index (Phi) is 7.97. The normalized spacial score (nSPS) is 11.5. The van der Waals surface area contributed by atoms with E-state index < -0.39 is 0 Å². The van der Waals surface area contributed by atoms with Crippen molar-refractivity contribution in [2.24, 2.45) is 0 Å². The number of aromatic nitrogens is 4. The maximum atomic E-state index is 5.28. The van der Waals surface area contributed by atoms with Crippen LogP contribution in [-0.4, -0.2) is 19.9 Å². The van der Waals surface area contributed by atoms with E-state index in [2.05, 4.69) is 182 Å². The maximum absolute atomic E-state index is 5.28. The van der Waals surface area contributed by atoms with Crippen LogP contribution in [0.15, 0.2) is 194 Å². The van der Waals surface area contributed by atoms with Crippen molar-refractivity contribution in [2.45, 2.75) is 0 Å². The van der Waals surface area contributed by atoms with E-state index in [-0.39, 0.29) is 0 Å². The first kappa shape index (κ1) is 33.0. The molecule has 0 saturated carbocycles. The second-order valence-corrected chi connectivity index (χ2v) is 15.2. The molecule has 0 amide bonds. The Morgan fingerprint density at radius 2 is 0.772 bits per heavy atom. The fraction of sp³-hybridized carbons (Fsp3) is 0. The molecule has 4 nitrogen and oxygen atoms in total. The molecular weight excluding hydrogens is 713 g/mol. The first-order valence-corrected chi connectivity index (χ1v) is 19.9. The lowest BCUT2D eigenvalue weighted by molar-refractivity contribution is 1.08. The van der Waals surface area contributed by atoms with Crippen LogP contribution < -0.4 is 0 Å². The summed E-state index contributed by atoms with van der Waals surface area (Å²) in [6.45, 7) is 0. The van der Waals surface area contributed by atoms with Gasteiger partial charge in [0.15, 0.2) is 17.5 Å². The number of para-hydroxylation sites is 1. The van der Waals surface area contributed by atoms with Gasteiger partial charge < -0.3 is 0 Å². The van der Waals surface area contributed by atoms with Gasteiger partial charge in [0.2, 0.25) is 0 Å². The predicted octanol–water partition coefficient (Wildman–Crippen LogP) is 13.9. The van der Waals surface area contributed by atoms with E-state index in [0.29, 0.717) is 17.5 Å². The molecule has 3 aromatic heterocycles. The highest BCUT2D eigenvalue weighted by molar-refractivity contribution is 7.27. The Hall–Kier alpha value is -7.34. The second-order valence-electron chi connectivity index (χ2n) is 14.2. The Bertz CT molecular complexity index is 3180. The second kappa shape index (κ2) is 13.7. The molecule has 266 valence electrons.